The second-order valence-electron chi connectivity index (χ2n) is 17.3. The van der Waals surface area contributed by atoms with Crippen LogP contribution in [-0.2, 0) is 5.41 Å². The van der Waals surface area contributed by atoms with E-state index in [1.54, 1.807) is 0 Å². The lowest BCUT2D eigenvalue weighted by atomic mass is 9.79. The fourth-order valence-electron chi connectivity index (χ4n) is 10.2. The molecule has 0 amide bonds. The van der Waals surface area contributed by atoms with Crippen molar-refractivity contribution in [2.24, 2.45) is 0 Å². The molecule has 63 heavy (non-hydrogen) atoms. The van der Waals surface area contributed by atoms with Crippen LogP contribution in [0.2, 0.25) is 0 Å². The summed E-state index contributed by atoms with van der Waals surface area (Å²) in [5.74, 6) is 0. The molecule has 0 aliphatic heterocycles. The van der Waals surface area contributed by atoms with Gasteiger partial charge in [-0.15, -0.1) is 0 Å². The molecule has 0 N–H and O–H groups in total. The highest BCUT2D eigenvalue weighted by Gasteiger charge is 2.37. The van der Waals surface area contributed by atoms with Gasteiger partial charge < -0.3 is 9.32 Å². The van der Waals surface area contributed by atoms with E-state index in [0.29, 0.717) is 0 Å². The van der Waals surface area contributed by atoms with Gasteiger partial charge >= 0.3 is 0 Å². The Kier molecular flexibility index (Phi) is 8.55. The molecule has 0 unspecified atom stereocenters. The molecule has 10 aromatic carbocycles. The Balaban J connectivity index is 0.984. The van der Waals surface area contributed by atoms with Crippen molar-refractivity contribution in [2.75, 3.05) is 4.90 Å². The Hall–Kier alpha value is -7.94. The summed E-state index contributed by atoms with van der Waals surface area (Å²) in [4.78, 5) is 2.41. The summed E-state index contributed by atoms with van der Waals surface area (Å²) in [6.45, 7) is 4.73. The van der Waals surface area contributed by atoms with E-state index in [4.69, 9.17) is 4.42 Å². The first-order chi connectivity index (χ1) is 31.0. The number of rotatable bonds is 7. The topological polar surface area (TPSA) is 16.4 Å². The van der Waals surface area contributed by atoms with E-state index in [1.807, 2.05) is 0 Å². The van der Waals surface area contributed by atoms with E-state index < -0.39 is 0 Å². The number of benzene rings is 10. The van der Waals surface area contributed by atoms with Crippen molar-refractivity contribution in [3.05, 3.63) is 236 Å². The third kappa shape index (κ3) is 6.17. The molecule has 0 saturated heterocycles. The summed E-state index contributed by atoms with van der Waals surface area (Å²) in [6.07, 6.45) is 0. The lowest BCUT2D eigenvalue weighted by Crippen LogP contribution is -2.16. The van der Waals surface area contributed by atoms with Gasteiger partial charge in [0.15, 0.2) is 0 Å². The molecule has 2 nitrogen and oxygen atoms in total. The molecule has 1 aliphatic rings. The standard InChI is InChI=1S/C61H43NO/c1-61(2)56-24-10-8-21-52(56)53-23-13-22-51(60(53)61)42-28-33-49(34-29-42)62(48-31-26-41(27-32-48)44-19-12-18-43(36-44)40-14-4-3-5-15-40)57-25-11-9-20-50(57)47-30-35-58-54(38-47)55-37-45-16-6-7-17-46(45)39-59(55)63-58/h3-39H,1-2H3. The van der Waals surface area contributed by atoms with Crippen molar-refractivity contribution >= 4 is 49.8 Å². The van der Waals surface area contributed by atoms with Crippen LogP contribution in [0.3, 0.4) is 0 Å². The van der Waals surface area contributed by atoms with Gasteiger partial charge in [0, 0.05) is 33.1 Å². The Morgan fingerprint density at radius 1 is 0.349 bits per heavy atom. The maximum atomic E-state index is 6.44. The Morgan fingerprint density at radius 3 is 1.65 bits per heavy atom. The fourth-order valence-corrected chi connectivity index (χ4v) is 10.2. The molecule has 1 aromatic heterocycles. The average Bonchev–Trinajstić information content (AvgIpc) is 3.82. The molecule has 298 valence electrons. The van der Waals surface area contributed by atoms with E-state index in [9.17, 15) is 0 Å². The van der Waals surface area contributed by atoms with E-state index in [1.165, 1.54) is 66.4 Å². The summed E-state index contributed by atoms with van der Waals surface area (Å²) >= 11 is 0. The van der Waals surface area contributed by atoms with Crippen LogP contribution in [0.4, 0.5) is 17.1 Å². The van der Waals surface area contributed by atoms with Gasteiger partial charge in [0.25, 0.3) is 0 Å². The number of furan rings is 1. The maximum Gasteiger partial charge on any atom is 0.136 e. The number of nitrogens with zero attached hydrogens (tertiary/aromatic N) is 1. The van der Waals surface area contributed by atoms with Gasteiger partial charge in [-0.3, -0.25) is 0 Å². The molecular formula is C61H43NO. The zero-order chi connectivity index (χ0) is 42.1. The Bertz CT molecular complexity index is 3520. The van der Waals surface area contributed by atoms with Gasteiger partial charge in [0.05, 0.1) is 5.69 Å². The Morgan fingerprint density at radius 2 is 0.889 bits per heavy atom. The van der Waals surface area contributed by atoms with Gasteiger partial charge in [-0.1, -0.05) is 178 Å². The summed E-state index contributed by atoms with van der Waals surface area (Å²) < 4.78 is 6.44. The number of anilines is 3. The van der Waals surface area contributed by atoms with Crippen LogP contribution in [0.5, 0.6) is 0 Å². The first kappa shape index (κ1) is 36.9. The highest BCUT2D eigenvalue weighted by Crippen LogP contribution is 2.52. The predicted octanol–water partition coefficient (Wildman–Crippen LogP) is 17.2. The molecule has 0 fully saturated rings. The van der Waals surface area contributed by atoms with Gasteiger partial charge in [-0.05, 0) is 133 Å². The minimum absolute atomic E-state index is 0.108. The molecule has 2 heteroatoms. The smallest absolute Gasteiger partial charge is 0.136 e. The molecule has 0 radical (unpaired) electrons. The summed E-state index contributed by atoms with van der Waals surface area (Å²) in [7, 11) is 0. The predicted molar refractivity (Wildman–Crippen MR) is 265 cm³/mol. The van der Waals surface area contributed by atoms with Crippen LogP contribution in [-0.4, -0.2) is 0 Å². The molecule has 0 atom stereocenters. The first-order valence-electron chi connectivity index (χ1n) is 21.8. The highest BCUT2D eigenvalue weighted by atomic mass is 16.3. The normalized spacial score (nSPS) is 12.7. The van der Waals surface area contributed by atoms with Crippen LogP contribution in [0, 0.1) is 0 Å². The zero-order valence-electron chi connectivity index (χ0n) is 35.2. The van der Waals surface area contributed by atoms with E-state index in [2.05, 4.69) is 243 Å². The summed E-state index contributed by atoms with van der Waals surface area (Å²) in [6, 6.07) is 81.6. The number of hydrogen-bond donors (Lipinski definition) is 0. The third-order valence-corrected chi connectivity index (χ3v) is 13.2. The SMILES string of the molecule is CC1(C)c2ccccc2-c2cccc(-c3ccc(N(c4ccc(-c5cccc(-c6ccccc6)c5)cc4)c4ccccc4-c4ccc5oc6cc7ccccc7cc6c5c4)cc3)c21. The van der Waals surface area contributed by atoms with Gasteiger partial charge in [0.2, 0.25) is 0 Å². The molecule has 11 aromatic rings. The summed E-state index contributed by atoms with van der Waals surface area (Å²) in [5, 5.41) is 4.62. The van der Waals surface area contributed by atoms with Crippen molar-refractivity contribution in [1.29, 1.82) is 0 Å². The second-order valence-corrected chi connectivity index (χ2v) is 17.3. The molecular weight excluding hydrogens is 763 g/mol. The van der Waals surface area contributed by atoms with Crippen LogP contribution >= 0.6 is 0 Å². The largest absolute Gasteiger partial charge is 0.456 e. The van der Waals surface area contributed by atoms with Crippen molar-refractivity contribution in [1.82, 2.24) is 0 Å². The van der Waals surface area contributed by atoms with E-state index in [-0.39, 0.29) is 5.41 Å². The monoisotopic (exact) mass is 805 g/mol. The third-order valence-electron chi connectivity index (χ3n) is 13.2. The minimum atomic E-state index is -0.108. The van der Waals surface area contributed by atoms with E-state index >= 15 is 0 Å². The van der Waals surface area contributed by atoms with Gasteiger partial charge in [-0.25, -0.2) is 0 Å². The number of fused-ring (bicyclic) bond motifs is 7. The molecule has 0 spiro atoms. The molecule has 0 bridgehead atoms. The number of hydrogen-bond acceptors (Lipinski definition) is 2. The van der Waals surface area contributed by atoms with Crippen molar-refractivity contribution in [2.45, 2.75) is 19.3 Å². The zero-order valence-corrected chi connectivity index (χ0v) is 35.2. The lowest BCUT2D eigenvalue weighted by Gasteiger charge is -2.28. The quantitative estimate of drug-likeness (QED) is 0.160. The first-order valence-corrected chi connectivity index (χ1v) is 21.8. The van der Waals surface area contributed by atoms with Gasteiger partial charge in [-0.2, -0.15) is 0 Å². The summed E-state index contributed by atoms with van der Waals surface area (Å²) in [5.41, 5.74) is 19.9. The lowest BCUT2D eigenvalue weighted by molar-refractivity contribution is 0.662. The molecule has 1 aliphatic carbocycles. The molecule has 0 saturated carbocycles. The van der Waals surface area contributed by atoms with Crippen LogP contribution < -0.4 is 4.90 Å². The second kappa shape index (κ2) is 14.6. The van der Waals surface area contributed by atoms with Crippen LogP contribution in [0.25, 0.3) is 88.3 Å². The van der Waals surface area contributed by atoms with Crippen LogP contribution in [0.15, 0.2) is 229 Å². The average molecular weight is 806 g/mol. The molecule has 12 rings (SSSR count). The number of para-hydroxylation sites is 1. The van der Waals surface area contributed by atoms with Crippen molar-refractivity contribution < 1.29 is 4.42 Å². The fraction of sp³-hybridized carbons (Fsp3) is 0.0492. The van der Waals surface area contributed by atoms with Crippen molar-refractivity contribution in [3.63, 3.8) is 0 Å². The van der Waals surface area contributed by atoms with Gasteiger partial charge in [0.1, 0.15) is 11.2 Å². The van der Waals surface area contributed by atoms with E-state index in [0.717, 1.165) is 50.1 Å². The Labute approximate surface area is 368 Å². The molecule has 1 heterocycles. The van der Waals surface area contributed by atoms with Crippen molar-refractivity contribution in [3.8, 4) is 55.6 Å². The maximum absolute atomic E-state index is 6.44. The highest BCUT2D eigenvalue weighted by molar-refractivity contribution is 6.11. The van der Waals surface area contributed by atoms with Crippen LogP contribution in [0.1, 0.15) is 25.0 Å². The minimum Gasteiger partial charge on any atom is -0.456 e.